The van der Waals surface area contributed by atoms with Gasteiger partial charge in [0.15, 0.2) is 6.61 Å². The monoisotopic (exact) mass is 330 g/mol. The Bertz CT molecular complexity index is 612. The molecule has 6 heteroatoms. The Labute approximate surface area is 131 Å². The van der Waals surface area contributed by atoms with Crippen molar-refractivity contribution in [1.29, 1.82) is 0 Å². The molecule has 0 atom stereocenters. The molecular weight excluding hydrogens is 323 g/mol. The van der Waals surface area contributed by atoms with Gasteiger partial charge in [0, 0.05) is 10.0 Å². The van der Waals surface area contributed by atoms with E-state index in [2.05, 4.69) is 0 Å². The number of hydrogen-bond donors (Lipinski definition) is 0. The molecule has 2 aromatic carbocycles. The van der Waals surface area contributed by atoms with Crippen LogP contribution in [0.4, 0.5) is 0 Å². The summed E-state index contributed by atoms with van der Waals surface area (Å²) in [5, 5.41) is 1.32. The fourth-order valence-electron chi connectivity index (χ4n) is 1.38. The van der Waals surface area contributed by atoms with Crippen molar-refractivity contribution in [2.24, 2.45) is 0 Å². The van der Waals surface area contributed by atoms with Crippen molar-refractivity contribution in [3.05, 3.63) is 57.5 Å². The molecule has 0 unspecified atom stereocenters. The quantitative estimate of drug-likeness (QED) is 0.605. The first kappa shape index (κ1) is 15.0. The zero-order valence-corrected chi connectivity index (χ0v) is 12.4. The second-order valence-corrected chi connectivity index (χ2v) is 5.07. The summed E-state index contributed by atoms with van der Waals surface area (Å²) in [5.41, 5.74) is 0. The maximum absolute atomic E-state index is 11.6. The van der Waals surface area contributed by atoms with Gasteiger partial charge < -0.3 is 9.47 Å². The van der Waals surface area contributed by atoms with Crippen molar-refractivity contribution in [2.45, 2.75) is 0 Å². The molecule has 0 saturated heterocycles. The molecule has 0 fully saturated rings. The molecule has 0 aliphatic rings. The third kappa shape index (κ3) is 4.30. The van der Waals surface area contributed by atoms with Crippen LogP contribution in [0.15, 0.2) is 42.5 Å². The summed E-state index contributed by atoms with van der Waals surface area (Å²) in [6.45, 7) is -0.236. The average Bonchev–Trinajstić information content (AvgIpc) is 2.41. The molecule has 2 aromatic rings. The third-order valence-electron chi connectivity index (χ3n) is 2.29. The maximum atomic E-state index is 11.6. The van der Waals surface area contributed by atoms with E-state index < -0.39 is 5.97 Å². The smallest absolute Gasteiger partial charge is 0.349 e. The van der Waals surface area contributed by atoms with Crippen molar-refractivity contribution in [3.63, 3.8) is 0 Å². The molecule has 0 bridgehead atoms. The second kappa shape index (κ2) is 6.84. The van der Waals surface area contributed by atoms with Gasteiger partial charge in [-0.3, -0.25) is 0 Å². The summed E-state index contributed by atoms with van der Waals surface area (Å²) in [5.74, 6) is 0.193. The minimum atomic E-state index is -0.566. The van der Waals surface area contributed by atoms with Crippen LogP contribution in [0.2, 0.25) is 15.1 Å². The molecule has 0 spiro atoms. The molecule has 0 aromatic heterocycles. The van der Waals surface area contributed by atoms with Crippen LogP contribution in [0.5, 0.6) is 11.5 Å². The topological polar surface area (TPSA) is 35.5 Å². The third-order valence-corrected chi connectivity index (χ3v) is 3.07. The second-order valence-electron chi connectivity index (χ2n) is 3.79. The van der Waals surface area contributed by atoms with E-state index in [4.69, 9.17) is 44.3 Å². The number of esters is 1. The zero-order chi connectivity index (χ0) is 14.5. The fourth-order valence-corrected chi connectivity index (χ4v) is 1.96. The van der Waals surface area contributed by atoms with Gasteiger partial charge >= 0.3 is 5.97 Å². The number of carbonyl (C=O) groups is 1. The molecule has 0 radical (unpaired) electrons. The van der Waals surface area contributed by atoms with E-state index in [9.17, 15) is 4.79 Å². The van der Waals surface area contributed by atoms with Crippen LogP contribution in [0.3, 0.4) is 0 Å². The van der Waals surface area contributed by atoms with Crippen molar-refractivity contribution in [1.82, 2.24) is 0 Å². The average molecular weight is 332 g/mol. The molecule has 0 N–H and O–H groups in total. The Balaban J connectivity index is 1.90. The molecular formula is C14H9Cl3O3. The normalized spacial score (nSPS) is 10.2. The largest absolute Gasteiger partial charge is 0.482 e. The van der Waals surface area contributed by atoms with Crippen LogP contribution in [0.1, 0.15) is 0 Å². The van der Waals surface area contributed by atoms with E-state index in [-0.39, 0.29) is 17.4 Å². The van der Waals surface area contributed by atoms with Crippen molar-refractivity contribution in [3.8, 4) is 11.5 Å². The van der Waals surface area contributed by atoms with Gasteiger partial charge in [-0.1, -0.05) is 34.8 Å². The first-order valence-corrected chi connectivity index (χ1v) is 6.72. The van der Waals surface area contributed by atoms with Gasteiger partial charge in [-0.15, -0.1) is 0 Å². The van der Waals surface area contributed by atoms with E-state index in [0.717, 1.165) is 0 Å². The van der Waals surface area contributed by atoms with Gasteiger partial charge in [-0.2, -0.15) is 0 Å². The molecule has 0 heterocycles. The van der Waals surface area contributed by atoms with Crippen molar-refractivity contribution in [2.75, 3.05) is 6.61 Å². The van der Waals surface area contributed by atoms with Crippen LogP contribution in [0, 0.1) is 0 Å². The van der Waals surface area contributed by atoms with Crippen LogP contribution < -0.4 is 9.47 Å². The summed E-state index contributed by atoms with van der Waals surface area (Å²) in [6, 6.07) is 11.2. The van der Waals surface area contributed by atoms with Gasteiger partial charge in [0.1, 0.15) is 11.5 Å². The van der Waals surface area contributed by atoms with E-state index in [0.29, 0.717) is 15.8 Å². The number of halogens is 3. The lowest BCUT2D eigenvalue weighted by Gasteiger charge is -2.08. The Morgan fingerprint density at radius 2 is 1.60 bits per heavy atom. The summed E-state index contributed by atoms with van der Waals surface area (Å²) >= 11 is 17.4. The van der Waals surface area contributed by atoms with Gasteiger partial charge in [-0.05, 0) is 42.5 Å². The highest BCUT2D eigenvalue weighted by atomic mass is 35.5. The van der Waals surface area contributed by atoms with Gasteiger partial charge in [0.25, 0.3) is 0 Å². The molecule has 0 aliphatic carbocycles. The number of ether oxygens (including phenoxy) is 2. The molecule has 104 valence electrons. The van der Waals surface area contributed by atoms with Crippen LogP contribution in [0.25, 0.3) is 0 Å². The SMILES string of the molecule is O=C(COc1ccc(Cl)cc1)Oc1ccc(Cl)cc1Cl. The Kier molecular flexibility index (Phi) is 5.12. The number of hydrogen-bond acceptors (Lipinski definition) is 3. The van der Waals surface area contributed by atoms with Crippen LogP contribution in [-0.2, 0) is 4.79 Å². The van der Waals surface area contributed by atoms with Gasteiger partial charge in [-0.25, -0.2) is 4.79 Å². The minimum absolute atomic E-state index is 0.236. The Hall–Kier alpha value is -1.42. The molecule has 2 rings (SSSR count). The minimum Gasteiger partial charge on any atom is -0.482 e. The standard InChI is InChI=1S/C14H9Cl3O3/c15-9-1-4-11(5-2-9)19-8-14(18)20-13-6-3-10(16)7-12(13)17/h1-7H,8H2. The predicted molar refractivity (Wildman–Crippen MR) is 79.0 cm³/mol. The van der Waals surface area contributed by atoms with E-state index in [1.165, 1.54) is 12.1 Å². The van der Waals surface area contributed by atoms with E-state index in [1.807, 2.05) is 0 Å². The van der Waals surface area contributed by atoms with Gasteiger partial charge in [0.2, 0.25) is 0 Å². The molecule has 0 amide bonds. The summed E-state index contributed by atoms with van der Waals surface area (Å²) in [4.78, 5) is 11.6. The van der Waals surface area contributed by atoms with Crippen LogP contribution in [-0.4, -0.2) is 12.6 Å². The summed E-state index contributed by atoms with van der Waals surface area (Å²) in [6.07, 6.45) is 0. The molecule has 3 nitrogen and oxygen atoms in total. The van der Waals surface area contributed by atoms with Gasteiger partial charge in [0.05, 0.1) is 5.02 Å². The lowest BCUT2D eigenvalue weighted by molar-refractivity contribution is -0.136. The van der Waals surface area contributed by atoms with Crippen LogP contribution >= 0.6 is 34.8 Å². The highest BCUT2D eigenvalue weighted by Gasteiger charge is 2.09. The lowest BCUT2D eigenvalue weighted by atomic mass is 10.3. The lowest BCUT2D eigenvalue weighted by Crippen LogP contribution is -2.17. The fraction of sp³-hybridized carbons (Fsp3) is 0.0714. The van der Waals surface area contributed by atoms with E-state index in [1.54, 1.807) is 30.3 Å². The molecule has 20 heavy (non-hydrogen) atoms. The van der Waals surface area contributed by atoms with Crippen molar-refractivity contribution < 1.29 is 14.3 Å². The Morgan fingerprint density at radius 3 is 2.25 bits per heavy atom. The predicted octanol–water partition coefficient (Wildman–Crippen LogP) is 4.63. The number of rotatable bonds is 4. The first-order valence-electron chi connectivity index (χ1n) is 5.59. The Morgan fingerprint density at radius 1 is 0.950 bits per heavy atom. The summed E-state index contributed by atoms with van der Waals surface area (Å²) < 4.78 is 10.3. The highest BCUT2D eigenvalue weighted by Crippen LogP contribution is 2.27. The number of benzene rings is 2. The van der Waals surface area contributed by atoms with E-state index >= 15 is 0 Å². The maximum Gasteiger partial charge on any atom is 0.349 e. The first-order chi connectivity index (χ1) is 9.54. The molecule has 0 aliphatic heterocycles. The summed E-state index contributed by atoms with van der Waals surface area (Å²) in [7, 11) is 0. The number of carbonyl (C=O) groups excluding carboxylic acids is 1. The highest BCUT2D eigenvalue weighted by molar-refractivity contribution is 6.35. The molecule has 0 saturated carbocycles. The zero-order valence-electron chi connectivity index (χ0n) is 10.1. The van der Waals surface area contributed by atoms with Crippen molar-refractivity contribution >= 4 is 40.8 Å².